The Kier molecular flexibility index (Phi) is 11.3. The van der Waals surface area contributed by atoms with E-state index in [4.69, 9.17) is 37.9 Å². The zero-order chi connectivity index (χ0) is 33.0. The summed E-state index contributed by atoms with van der Waals surface area (Å²) in [7, 11) is 0. The molecule has 4 aliphatic rings. The van der Waals surface area contributed by atoms with Crippen molar-refractivity contribution in [3.05, 3.63) is 71.8 Å². The van der Waals surface area contributed by atoms with Crippen LogP contribution in [0.25, 0.3) is 0 Å². The fourth-order valence-corrected chi connectivity index (χ4v) is 7.25. The summed E-state index contributed by atoms with van der Waals surface area (Å²) in [5, 5.41) is 9.47. The molecule has 9 nitrogen and oxygen atoms in total. The van der Waals surface area contributed by atoms with Crippen LogP contribution in [-0.4, -0.2) is 71.5 Å². The van der Waals surface area contributed by atoms with E-state index in [1.807, 2.05) is 83.1 Å². The first-order valence-corrected chi connectivity index (χ1v) is 17.0. The number of aliphatic hydroxyl groups is 1. The third-order valence-electron chi connectivity index (χ3n) is 9.46. The Morgan fingerprint density at radius 3 is 1.37 bits per heavy atom. The Bertz CT molecular complexity index is 1130. The van der Waals surface area contributed by atoms with Gasteiger partial charge in [0, 0.05) is 13.0 Å². The van der Waals surface area contributed by atoms with Gasteiger partial charge in [-0.2, -0.15) is 0 Å². The van der Waals surface area contributed by atoms with Gasteiger partial charge in [0.05, 0.1) is 13.2 Å². The third-order valence-corrected chi connectivity index (χ3v) is 9.46. The Morgan fingerprint density at radius 1 is 0.587 bits per heavy atom. The van der Waals surface area contributed by atoms with Crippen LogP contribution >= 0.6 is 0 Å². The lowest BCUT2D eigenvalue weighted by Gasteiger charge is -2.36. The first-order chi connectivity index (χ1) is 22.0. The summed E-state index contributed by atoms with van der Waals surface area (Å²) < 4.78 is 48.9. The van der Waals surface area contributed by atoms with Crippen molar-refractivity contribution in [2.45, 2.75) is 154 Å². The average Bonchev–Trinajstić information content (AvgIpc) is 3.68. The van der Waals surface area contributed by atoms with Crippen LogP contribution in [0.2, 0.25) is 0 Å². The van der Waals surface area contributed by atoms with Crippen LogP contribution in [0.15, 0.2) is 60.7 Å². The lowest BCUT2D eigenvalue weighted by Crippen LogP contribution is -2.47. The Morgan fingerprint density at radius 2 is 1.00 bits per heavy atom. The molecule has 0 radical (unpaired) electrons. The summed E-state index contributed by atoms with van der Waals surface area (Å²) >= 11 is 0. The van der Waals surface area contributed by atoms with E-state index in [0.717, 1.165) is 36.8 Å². The topological polar surface area (TPSA) is 94.1 Å². The van der Waals surface area contributed by atoms with Crippen molar-refractivity contribution in [1.82, 2.24) is 0 Å². The Labute approximate surface area is 274 Å². The molecule has 2 unspecified atom stereocenters. The highest BCUT2D eigenvalue weighted by Gasteiger charge is 2.62. The van der Waals surface area contributed by atoms with Gasteiger partial charge in [-0.3, -0.25) is 0 Å². The summed E-state index contributed by atoms with van der Waals surface area (Å²) in [4.78, 5) is 0. The molecule has 4 aliphatic heterocycles. The predicted octanol–water partition coefficient (Wildman–Crippen LogP) is 6.64. The molecule has 0 spiro atoms. The molecule has 1 N–H and O–H groups in total. The van der Waals surface area contributed by atoms with Crippen molar-refractivity contribution in [3.63, 3.8) is 0 Å². The molecule has 0 saturated carbocycles. The number of rotatable bonds is 12. The van der Waals surface area contributed by atoms with Gasteiger partial charge < -0.3 is 43.0 Å². The third kappa shape index (κ3) is 7.69. The van der Waals surface area contributed by atoms with Crippen LogP contribution in [0, 0.1) is 0 Å². The summed E-state index contributed by atoms with van der Waals surface area (Å²) in [6.07, 6.45) is 2.50. The van der Waals surface area contributed by atoms with Crippen molar-refractivity contribution in [2.24, 2.45) is 0 Å². The van der Waals surface area contributed by atoms with Gasteiger partial charge in [-0.1, -0.05) is 87.9 Å². The first-order valence-electron chi connectivity index (χ1n) is 17.0. The predicted molar refractivity (Wildman–Crippen MR) is 173 cm³/mol. The monoisotopic (exact) mass is 642 g/mol. The molecule has 8 atom stereocenters. The number of fused-ring (bicyclic) bond motifs is 2. The number of ether oxygens (including phenoxy) is 8. The molecule has 4 fully saturated rings. The van der Waals surface area contributed by atoms with Crippen molar-refractivity contribution in [3.8, 4) is 0 Å². The molecule has 4 heterocycles. The standard InChI is InChI=1S/C19H28O4.C18H26O5/c1-5-12-19(6-2)16(20-13-14-10-8-7-9-11-14)15-17(23-19)22-18(3,4)21-15;1-4-18(10-11-19)15(20-12-13-8-6-5-7-9-13)14-16(23-18)22-17(2,3)21-14/h7-11,15-17H,5-6,12-13H2,1-4H3;5-9,14-16,19H,4,10-12H2,1-3H3/t15-,16?,17-,19-;14-,15?,16-,18-/m00/s1. The van der Waals surface area contributed by atoms with Gasteiger partial charge in [0.1, 0.15) is 35.6 Å². The van der Waals surface area contributed by atoms with Crippen LogP contribution in [0.1, 0.15) is 91.7 Å². The minimum atomic E-state index is -0.678. The molecule has 4 saturated heterocycles. The van der Waals surface area contributed by atoms with Gasteiger partial charge in [-0.25, -0.2) is 0 Å². The molecule has 46 heavy (non-hydrogen) atoms. The largest absolute Gasteiger partial charge is 0.396 e. The summed E-state index contributed by atoms with van der Waals surface area (Å²) in [6.45, 7) is 15.1. The van der Waals surface area contributed by atoms with Crippen LogP contribution in [0.3, 0.4) is 0 Å². The van der Waals surface area contributed by atoms with E-state index in [2.05, 4.69) is 26.0 Å². The normalized spacial score (nSPS) is 35.4. The van der Waals surface area contributed by atoms with Crippen LogP contribution in [0.5, 0.6) is 0 Å². The highest BCUT2D eigenvalue weighted by molar-refractivity contribution is 5.15. The van der Waals surface area contributed by atoms with Crippen molar-refractivity contribution in [1.29, 1.82) is 0 Å². The number of aliphatic hydroxyl groups excluding tert-OH is 1. The van der Waals surface area contributed by atoms with Gasteiger partial charge in [-0.15, -0.1) is 0 Å². The second-order valence-corrected chi connectivity index (χ2v) is 13.7. The molecular formula is C37H54O9. The van der Waals surface area contributed by atoms with E-state index in [-0.39, 0.29) is 42.9 Å². The van der Waals surface area contributed by atoms with Gasteiger partial charge in [0.15, 0.2) is 24.2 Å². The minimum absolute atomic E-state index is 0.0435. The van der Waals surface area contributed by atoms with E-state index in [1.165, 1.54) is 0 Å². The van der Waals surface area contributed by atoms with E-state index in [1.54, 1.807) is 0 Å². The molecule has 6 rings (SSSR count). The van der Waals surface area contributed by atoms with Crippen LogP contribution in [-0.2, 0) is 51.1 Å². The number of hydrogen-bond donors (Lipinski definition) is 1. The average molecular weight is 643 g/mol. The van der Waals surface area contributed by atoms with Crippen molar-refractivity contribution >= 4 is 0 Å². The van der Waals surface area contributed by atoms with E-state index in [9.17, 15) is 5.11 Å². The Hall–Kier alpha value is -1.92. The summed E-state index contributed by atoms with van der Waals surface area (Å²) in [6, 6.07) is 20.3. The second kappa shape index (κ2) is 14.7. The lowest BCUT2D eigenvalue weighted by atomic mass is 9.87. The maximum absolute atomic E-state index is 9.47. The molecular weight excluding hydrogens is 588 g/mol. The molecule has 2 aromatic rings. The van der Waals surface area contributed by atoms with Gasteiger partial charge in [-0.05, 0) is 58.1 Å². The number of benzene rings is 2. The van der Waals surface area contributed by atoms with Crippen LogP contribution in [0.4, 0.5) is 0 Å². The summed E-state index contributed by atoms with van der Waals surface area (Å²) in [5.41, 5.74) is 1.36. The second-order valence-electron chi connectivity index (χ2n) is 13.7. The fourth-order valence-electron chi connectivity index (χ4n) is 7.25. The molecule has 0 aliphatic carbocycles. The fraction of sp³-hybridized carbons (Fsp3) is 0.676. The van der Waals surface area contributed by atoms with Crippen molar-refractivity contribution < 1.29 is 43.0 Å². The quantitative estimate of drug-likeness (QED) is 0.274. The molecule has 0 aromatic heterocycles. The molecule has 0 amide bonds. The zero-order valence-corrected chi connectivity index (χ0v) is 28.6. The number of hydrogen-bond acceptors (Lipinski definition) is 9. The molecule has 2 aromatic carbocycles. The highest BCUT2D eigenvalue weighted by Crippen LogP contribution is 2.48. The maximum atomic E-state index is 9.47. The SMILES string of the molecule is CCC[C@]1(CC)O[C@@H]2OC(C)(C)O[C@H]2C1OCc1ccccc1.CC[C@@]1(CCO)O[C@@H]2OC(C)(C)O[C@H]2C1OCc1ccccc1. The lowest BCUT2D eigenvalue weighted by molar-refractivity contribution is -0.248. The first kappa shape index (κ1) is 35.4. The minimum Gasteiger partial charge on any atom is -0.396 e. The molecule has 9 heteroatoms. The van der Waals surface area contributed by atoms with E-state index in [0.29, 0.717) is 19.6 Å². The van der Waals surface area contributed by atoms with Gasteiger partial charge in [0.2, 0.25) is 0 Å². The van der Waals surface area contributed by atoms with E-state index < -0.39 is 23.5 Å². The van der Waals surface area contributed by atoms with Crippen LogP contribution < -0.4 is 0 Å². The smallest absolute Gasteiger partial charge is 0.190 e. The van der Waals surface area contributed by atoms with Gasteiger partial charge in [0.25, 0.3) is 0 Å². The molecule has 256 valence electrons. The zero-order valence-electron chi connectivity index (χ0n) is 28.6. The van der Waals surface area contributed by atoms with Crippen molar-refractivity contribution in [2.75, 3.05) is 6.61 Å². The van der Waals surface area contributed by atoms with E-state index >= 15 is 0 Å². The highest BCUT2D eigenvalue weighted by atomic mass is 16.9. The Balaban J connectivity index is 0.000000181. The maximum Gasteiger partial charge on any atom is 0.190 e. The molecule has 0 bridgehead atoms. The van der Waals surface area contributed by atoms with Gasteiger partial charge >= 0.3 is 0 Å². The summed E-state index contributed by atoms with van der Waals surface area (Å²) in [5.74, 6) is -1.29.